The van der Waals surface area contributed by atoms with Crippen LogP contribution in [-0.2, 0) is 9.53 Å². The van der Waals surface area contributed by atoms with Gasteiger partial charge in [0.1, 0.15) is 0 Å². The Kier molecular flexibility index (Phi) is 7.12. The van der Waals surface area contributed by atoms with Gasteiger partial charge in [-0.15, -0.1) is 0 Å². The lowest BCUT2D eigenvalue weighted by Crippen LogP contribution is -2.54. The van der Waals surface area contributed by atoms with E-state index >= 15 is 0 Å². The Labute approximate surface area is 191 Å². The van der Waals surface area contributed by atoms with Crippen molar-refractivity contribution in [3.05, 3.63) is 0 Å². The summed E-state index contributed by atoms with van der Waals surface area (Å²) >= 11 is 0. The van der Waals surface area contributed by atoms with Crippen LogP contribution >= 0.6 is 0 Å². The molecular formula is C28H48O3. The number of hydrogen-bond donors (Lipinski definition) is 1. The van der Waals surface area contributed by atoms with E-state index in [2.05, 4.69) is 27.7 Å². The fraction of sp³-hybridized carbons (Fsp3) is 0.964. The van der Waals surface area contributed by atoms with Gasteiger partial charge >= 0.3 is 5.97 Å². The van der Waals surface area contributed by atoms with Gasteiger partial charge in [0.25, 0.3) is 0 Å². The van der Waals surface area contributed by atoms with E-state index in [1.165, 1.54) is 44.9 Å². The molecule has 0 saturated heterocycles. The van der Waals surface area contributed by atoms with Gasteiger partial charge in [-0.25, -0.2) is 0 Å². The molecule has 31 heavy (non-hydrogen) atoms. The lowest BCUT2D eigenvalue weighted by Gasteiger charge is -2.61. The highest BCUT2D eigenvalue weighted by atomic mass is 16.5. The van der Waals surface area contributed by atoms with Crippen molar-refractivity contribution in [3.8, 4) is 0 Å². The molecule has 1 N–H and O–H groups in total. The van der Waals surface area contributed by atoms with Crippen molar-refractivity contribution in [2.24, 2.45) is 46.3 Å². The minimum absolute atomic E-state index is 0.00874. The Hall–Kier alpha value is -0.570. The highest BCUT2D eigenvalue weighted by Crippen LogP contribution is 2.68. The summed E-state index contributed by atoms with van der Waals surface area (Å²) in [5, 5.41) is 10.3. The predicted octanol–water partition coefficient (Wildman–Crippen LogP) is 6.77. The van der Waals surface area contributed by atoms with Crippen LogP contribution in [0.15, 0.2) is 0 Å². The zero-order chi connectivity index (χ0) is 22.2. The molecule has 9 atom stereocenters. The summed E-state index contributed by atoms with van der Waals surface area (Å²) < 4.78 is 5.41. The molecule has 0 radical (unpaired) electrons. The Morgan fingerprint density at radius 2 is 1.77 bits per heavy atom. The Morgan fingerprint density at radius 1 is 1.03 bits per heavy atom. The second-order valence-corrected chi connectivity index (χ2v) is 12.4. The van der Waals surface area contributed by atoms with Gasteiger partial charge in [0, 0.05) is 6.42 Å². The van der Waals surface area contributed by atoms with Gasteiger partial charge in [-0.2, -0.15) is 0 Å². The van der Waals surface area contributed by atoms with Crippen LogP contribution in [0, 0.1) is 46.3 Å². The summed E-state index contributed by atoms with van der Waals surface area (Å²) in [6, 6.07) is 0. The molecular weight excluding hydrogens is 384 g/mol. The molecule has 0 heterocycles. The number of aliphatic hydroxyl groups is 1. The normalized spacial score (nSPS) is 45.3. The smallest absolute Gasteiger partial charge is 0.305 e. The third-order valence-electron chi connectivity index (χ3n) is 11.0. The fourth-order valence-corrected chi connectivity index (χ4v) is 9.16. The van der Waals surface area contributed by atoms with Crippen LogP contribution in [0.5, 0.6) is 0 Å². The molecule has 4 saturated carbocycles. The van der Waals surface area contributed by atoms with Gasteiger partial charge in [0.15, 0.2) is 0 Å². The standard InChI is InChI=1S/C28H48O3/c1-5-6-17-31-26(30)12-7-19(2)23-10-11-24-22-9-8-20-18-21(29)13-15-27(20,3)25(22)14-16-28(23,24)4/h19-25,29H,5-18H2,1-4H3/t19-,20+,21+,22-,23+,24-,25-,27-,28+/m0/s1. The third kappa shape index (κ3) is 4.34. The topological polar surface area (TPSA) is 46.5 Å². The summed E-state index contributed by atoms with van der Waals surface area (Å²) in [7, 11) is 0. The summed E-state index contributed by atoms with van der Waals surface area (Å²) in [4.78, 5) is 12.1. The van der Waals surface area contributed by atoms with Gasteiger partial charge in [0.2, 0.25) is 0 Å². The molecule has 0 aromatic rings. The van der Waals surface area contributed by atoms with Gasteiger partial charge in [-0.1, -0.05) is 34.1 Å². The molecule has 3 heteroatoms. The van der Waals surface area contributed by atoms with Gasteiger partial charge in [-0.05, 0) is 117 Å². The average Bonchev–Trinajstić information content (AvgIpc) is 3.10. The van der Waals surface area contributed by atoms with E-state index in [4.69, 9.17) is 4.74 Å². The Bertz CT molecular complexity index is 632. The highest BCUT2D eigenvalue weighted by Gasteiger charge is 2.60. The van der Waals surface area contributed by atoms with Crippen molar-refractivity contribution >= 4 is 5.97 Å². The van der Waals surface area contributed by atoms with E-state index < -0.39 is 0 Å². The van der Waals surface area contributed by atoms with Crippen molar-refractivity contribution in [1.29, 1.82) is 0 Å². The van der Waals surface area contributed by atoms with E-state index in [0.29, 0.717) is 29.8 Å². The number of ether oxygens (including phenoxy) is 1. The lowest BCUT2D eigenvalue weighted by atomic mass is 9.44. The molecule has 178 valence electrons. The van der Waals surface area contributed by atoms with Crippen molar-refractivity contribution < 1.29 is 14.6 Å². The van der Waals surface area contributed by atoms with E-state index in [0.717, 1.165) is 61.7 Å². The Balaban J connectivity index is 1.38. The van der Waals surface area contributed by atoms with Crippen molar-refractivity contribution in [2.45, 2.75) is 117 Å². The number of carbonyl (C=O) groups is 1. The molecule has 4 rings (SSSR count). The fourth-order valence-electron chi connectivity index (χ4n) is 9.16. The molecule has 0 aromatic carbocycles. The summed E-state index contributed by atoms with van der Waals surface area (Å²) in [5.41, 5.74) is 0.930. The van der Waals surface area contributed by atoms with Crippen molar-refractivity contribution in [2.75, 3.05) is 6.61 Å². The molecule has 0 aliphatic heterocycles. The number of unbranched alkanes of at least 4 members (excludes halogenated alkanes) is 1. The zero-order valence-electron chi connectivity index (χ0n) is 20.7. The van der Waals surface area contributed by atoms with Crippen LogP contribution in [0.3, 0.4) is 0 Å². The van der Waals surface area contributed by atoms with Crippen molar-refractivity contribution in [1.82, 2.24) is 0 Å². The minimum atomic E-state index is -0.0474. The zero-order valence-corrected chi connectivity index (χ0v) is 20.7. The van der Waals surface area contributed by atoms with Crippen LogP contribution in [-0.4, -0.2) is 23.8 Å². The predicted molar refractivity (Wildman–Crippen MR) is 125 cm³/mol. The second kappa shape index (κ2) is 9.35. The van der Waals surface area contributed by atoms with Crippen LogP contribution in [0.4, 0.5) is 0 Å². The highest BCUT2D eigenvalue weighted by molar-refractivity contribution is 5.69. The number of esters is 1. The molecule has 0 unspecified atom stereocenters. The van der Waals surface area contributed by atoms with Crippen LogP contribution in [0.25, 0.3) is 0 Å². The van der Waals surface area contributed by atoms with Crippen LogP contribution < -0.4 is 0 Å². The minimum Gasteiger partial charge on any atom is -0.466 e. The quantitative estimate of drug-likeness (QED) is 0.357. The summed E-state index contributed by atoms with van der Waals surface area (Å²) in [5.74, 6) is 4.78. The molecule has 0 bridgehead atoms. The molecule has 4 aliphatic rings. The number of hydrogen-bond acceptors (Lipinski definition) is 3. The third-order valence-corrected chi connectivity index (χ3v) is 11.0. The molecule has 0 spiro atoms. The van der Waals surface area contributed by atoms with E-state index in [9.17, 15) is 9.90 Å². The van der Waals surface area contributed by atoms with Crippen LogP contribution in [0.1, 0.15) is 111 Å². The average molecular weight is 433 g/mol. The molecule has 4 fully saturated rings. The largest absolute Gasteiger partial charge is 0.466 e. The number of carbonyl (C=O) groups excluding carboxylic acids is 1. The summed E-state index contributed by atoms with van der Waals surface area (Å²) in [6.45, 7) is 10.3. The maximum atomic E-state index is 12.1. The number of rotatable bonds is 7. The first kappa shape index (κ1) is 23.6. The summed E-state index contributed by atoms with van der Waals surface area (Å²) in [6.07, 6.45) is 15.2. The molecule has 4 aliphatic carbocycles. The molecule has 0 amide bonds. The molecule has 3 nitrogen and oxygen atoms in total. The van der Waals surface area contributed by atoms with E-state index in [-0.39, 0.29) is 12.1 Å². The van der Waals surface area contributed by atoms with E-state index in [1.54, 1.807) is 0 Å². The Morgan fingerprint density at radius 3 is 2.55 bits per heavy atom. The first-order chi connectivity index (χ1) is 14.8. The maximum absolute atomic E-state index is 12.1. The van der Waals surface area contributed by atoms with Gasteiger partial charge in [0.05, 0.1) is 12.7 Å². The van der Waals surface area contributed by atoms with Crippen LogP contribution in [0.2, 0.25) is 0 Å². The number of fused-ring (bicyclic) bond motifs is 5. The first-order valence-corrected chi connectivity index (χ1v) is 13.6. The number of aliphatic hydroxyl groups excluding tert-OH is 1. The van der Waals surface area contributed by atoms with E-state index in [1.807, 2.05) is 0 Å². The van der Waals surface area contributed by atoms with Crippen molar-refractivity contribution in [3.63, 3.8) is 0 Å². The lowest BCUT2D eigenvalue weighted by molar-refractivity contribution is -0.144. The van der Waals surface area contributed by atoms with Gasteiger partial charge in [-0.3, -0.25) is 4.79 Å². The maximum Gasteiger partial charge on any atom is 0.305 e. The first-order valence-electron chi connectivity index (χ1n) is 13.6. The van der Waals surface area contributed by atoms with Gasteiger partial charge < -0.3 is 9.84 Å². The second-order valence-electron chi connectivity index (χ2n) is 12.4. The SMILES string of the molecule is CCCCOC(=O)CC[C@H](C)[C@H]1CC[C@H]2[C@@H]3CC[C@@H]4C[C@H](O)CC[C@]4(C)[C@H]3CC[C@]12C. The monoisotopic (exact) mass is 432 g/mol. The molecule has 0 aromatic heterocycles.